The van der Waals surface area contributed by atoms with Crippen LogP contribution < -0.4 is 5.32 Å². The number of rotatable bonds is 2. The largest absolute Gasteiger partial charge is 0.440 e. The highest BCUT2D eigenvalue weighted by atomic mass is 16.6. The molecule has 0 aromatic rings. The van der Waals surface area contributed by atoms with E-state index >= 15 is 0 Å². The van der Waals surface area contributed by atoms with Crippen LogP contribution in [0, 0.1) is 5.92 Å². The van der Waals surface area contributed by atoms with Gasteiger partial charge in [0.15, 0.2) is 0 Å². The fourth-order valence-electron chi connectivity index (χ4n) is 1.79. The second kappa shape index (κ2) is 3.69. The minimum Gasteiger partial charge on any atom is -0.440 e. The van der Waals surface area contributed by atoms with E-state index in [4.69, 9.17) is 4.74 Å². The van der Waals surface area contributed by atoms with Crippen LogP contribution in [-0.4, -0.2) is 23.4 Å². The minimum absolute atomic E-state index is 0.174. The number of esters is 1. The van der Waals surface area contributed by atoms with Gasteiger partial charge in [0.1, 0.15) is 5.92 Å². The fraction of sp³-hybridized carbons (Fsp3) is 0.250. The van der Waals surface area contributed by atoms with Gasteiger partial charge in [-0.3, -0.25) is 14.9 Å². The van der Waals surface area contributed by atoms with Gasteiger partial charge in [-0.2, -0.15) is 0 Å². The average molecular weight is 233 g/mol. The van der Waals surface area contributed by atoms with Crippen molar-refractivity contribution in [3.63, 3.8) is 0 Å². The molecule has 2 unspecified atom stereocenters. The number of hydrogen-bond donors (Lipinski definition) is 1. The SMILES string of the molecule is C=C(C)C(=O)OC12C=CC=CC1C(=O)NC2=O. The summed E-state index contributed by atoms with van der Waals surface area (Å²) < 4.78 is 5.14. The lowest BCUT2D eigenvalue weighted by atomic mass is 9.85. The van der Waals surface area contributed by atoms with E-state index in [2.05, 4.69) is 11.9 Å². The van der Waals surface area contributed by atoms with Crippen molar-refractivity contribution in [2.24, 2.45) is 5.92 Å². The van der Waals surface area contributed by atoms with E-state index in [0.29, 0.717) is 0 Å². The van der Waals surface area contributed by atoms with Gasteiger partial charge in [-0.1, -0.05) is 24.8 Å². The quantitative estimate of drug-likeness (QED) is 0.421. The van der Waals surface area contributed by atoms with Crippen LogP contribution in [0.1, 0.15) is 6.92 Å². The van der Waals surface area contributed by atoms with Crippen LogP contribution in [0.3, 0.4) is 0 Å². The number of fused-ring (bicyclic) bond motifs is 1. The Morgan fingerprint density at radius 2 is 2.18 bits per heavy atom. The monoisotopic (exact) mass is 233 g/mol. The maximum atomic E-state index is 11.8. The Bertz CT molecular complexity index is 489. The van der Waals surface area contributed by atoms with E-state index in [0.717, 1.165) is 0 Å². The molecule has 1 aliphatic carbocycles. The summed E-state index contributed by atoms with van der Waals surface area (Å²) in [5.41, 5.74) is -1.38. The third-order valence-electron chi connectivity index (χ3n) is 2.70. The Morgan fingerprint density at radius 3 is 2.82 bits per heavy atom. The summed E-state index contributed by atoms with van der Waals surface area (Å²) in [6.07, 6.45) is 6.15. The normalized spacial score (nSPS) is 29.8. The molecular weight excluding hydrogens is 222 g/mol. The molecule has 1 saturated heterocycles. The lowest BCUT2D eigenvalue weighted by Gasteiger charge is -2.28. The first-order chi connectivity index (χ1) is 7.97. The lowest BCUT2D eigenvalue weighted by molar-refractivity contribution is -0.159. The number of amides is 2. The fourth-order valence-corrected chi connectivity index (χ4v) is 1.79. The summed E-state index contributed by atoms with van der Waals surface area (Å²) >= 11 is 0. The predicted molar refractivity (Wildman–Crippen MR) is 58.6 cm³/mol. The highest BCUT2D eigenvalue weighted by Gasteiger charge is 2.56. The number of hydrogen-bond acceptors (Lipinski definition) is 4. The standard InChI is InChI=1S/C12H11NO4/c1-7(2)10(15)17-12-6-4-3-5-8(12)9(14)13-11(12)16/h3-6,8H,1H2,2H3,(H,13,14,16). The maximum absolute atomic E-state index is 11.8. The first-order valence-electron chi connectivity index (χ1n) is 5.07. The number of allylic oxidation sites excluding steroid dienone is 2. The molecule has 17 heavy (non-hydrogen) atoms. The van der Waals surface area contributed by atoms with Crippen molar-refractivity contribution >= 4 is 17.8 Å². The molecule has 1 fully saturated rings. The van der Waals surface area contributed by atoms with Crippen LogP contribution in [-0.2, 0) is 19.1 Å². The topological polar surface area (TPSA) is 72.5 Å². The van der Waals surface area contributed by atoms with Crippen molar-refractivity contribution in [1.82, 2.24) is 5.32 Å². The van der Waals surface area contributed by atoms with Crippen molar-refractivity contribution in [2.75, 3.05) is 0 Å². The van der Waals surface area contributed by atoms with Gasteiger partial charge in [0.2, 0.25) is 11.5 Å². The third kappa shape index (κ3) is 1.60. The molecule has 0 aromatic carbocycles. The third-order valence-corrected chi connectivity index (χ3v) is 2.70. The number of nitrogens with one attached hydrogen (secondary N) is 1. The molecule has 2 amide bonds. The summed E-state index contributed by atoms with van der Waals surface area (Å²) in [5.74, 6) is -2.59. The number of ether oxygens (including phenoxy) is 1. The van der Waals surface area contributed by atoms with Crippen LogP contribution >= 0.6 is 0 Å². The summed E-state index contributed by atoms with van der Waals surface area (Å²) in [6, 6.07) is 0. The molecule has 0 saturated carbocycles. The summed E-state index contributed by atoms with van der Waals surface area (Å²) in [5, 5.41) is 2.16. The zero-order valence-electron chi connectivity index (χ0n) is 9.23. The number of carbonyl (C=O) groups excluding carboxylic acids is 3. The molecule has 1 heterocycles. The molecule has 88 valence electrons. The first kappa shape index (κ1) is 11.3. The molecular formula is C12H11NO4. The Morgan fingerprint density at radius 1 is 1.47 bits per heavy atom. The average Bonchev–Trinajstić information content (AvgIpc) is 2.52. The molecule has 0 aromatic heterocycles. The van der Waals surface area contributed by atoms with Gasteiger partial charge < -0.3 is 4.74 Å². The van der Waals surface area contributed by atoms with Crippen molar-refractivity contribution < 1.29 is 19.1 Å². The second-order valence-corrected chi connectivity index (χ2v) is 4.00. The molecule has 0 spiro atoms. The number of imide groups is 1. The van der Waals surface area contributed by atoms with E-state index in [1.54, 1.807) is 12.2 Å². The van der Waals surface area contributed by atoms with E-state index in [9.17, 15) is 14.4 Å². The summed E-state index contributed by atoms with van der Waals surface area (Å²) in [7, 11) is 0. The Balaban J connectivity index is 2.38. The van der Waals surface area contributed by atoms with Gasteiger partial charge in [0, 0.05) is 5.57 Å². The lowest BCUT2D eigenvalue weighted by Crippen LogP contribution is -2.45. The summed E-state index contributed by atoms with van der Waals surface area (Å²) in [4.78, 5) is 34.8. The minimum atomic E-state index is -1.55. The molecule has 2 aliphatic rings. The van der Waals surface area contributed by atoms with Gasteiger partial charge in [0.25, 0.3) is 5.91 Å². The molecule has 5 nitrogen and oxygen atoms in total. The highest BCUT2D eigenvalue weighted by Crippen LogP contribution is 2.34. The summed E-state index contributed by atoms with van der Waals surface area (Å²) in [6.45, 7) is 4.92. The Hall–Kier alpha value is -2.17. The van der Waals surface area contributed by atoms with E-state index < -0.39 is 29.3 Å². The molecule has 2 rings (SSSR count). The maximum Gasteiger partial charge on any atom is 0.334 e. The molecule has 2 atom stereocenters. The molecule has 1 aliphatic heterocycles. The van der Waals surface area contributed by atoms with Gasteiger partial charge in [-0.15, -0.1) is 0 Å². The predicted octanol–water partition coefficient (Wildman–Crippen LogP) is 0.243. The first-order valence-corrected chi connectivity index (χ1v) is 5.07. The van der Waals surface area contributed by atoms with E-state index in [-0.39, 0.29) is 5.57 Å². The van der Waals surface area contributed by atoms with Crippen LogP contribution in [0.2, 0.25) is 0 Å². The van der Waals surface area contributed by atoms with Gasteiger partial charge >= 0.3 is 5.97 Å². The van der Waals surface area contributed by atoms with Crippen molar-refractivity contribution in [3.05, 3.63) is 36.5 Å². The van der Waals surface area contributed by atoms with E-state index in [1.807, 2.05) is 0 Å². The van der Waals surface area contributed by atoms with Gasteiger partial charge in [-0.05, 0) is 13.0 Å². The van der Waals surface area contributed by atoms with Crippen molar-refractivity contribution in [1.29, 1.82) is 0 Å². The smallest absolute Gasteiger partial charge is 0.334 e. The van der Waals surface area contributed by atoms with Crippen LogP contribution in [0.15, 0.2) is 36.5 Å². The Kier molecular flexibility index (Phi) is 2.46. The zero-order chi connectivity index (χ0) is 12.6. The molecule has 1 N–H and O–H groups in total. The van der Waals surface area contributed by atoms with Crippen LogP contribution in [0.4, 0.5) is 0 Å². The van der Waals surface area contributed by atoms with Gasteiger partial charge in [0.05, 0.1) is 0 Å². The highest BCUT2D eigenvalue weighted by molar-refractivity contribution is 6.12. The molecule has 0 bridgehead atoms. The van der Waals surface area contributed by atoms with Crippen molar-refractivity contribution in [3.8, 4) is 0 Å². The number of carbonyl (C=O) groups is 3. The van der Waals surface area contributed by atoms with Crippen LogP contribution in [0.5, 0.6) is 0 Å². The van der Waals surface area contributed by atoms with E-state index in [1.165, 1.54) is 19.1 Å². The molecule has 0 radical (unpaired) electrons. The van der Waals surface area contributed by atoms with Gasteiger partial charge in [-0.25, -0.2) is 4.79 Å². The zero-order valence-corrected chi connectivity index (χ0v) is 9.23. The second-order valence-electron chi connectivity index (χ2n) is 4.00. The molecule has 5 heteroatoms. The Labute approximate surface area is 97.8 Å². The van der Waals surface area contributed by atoms with Crippen LogP contribution in [0.25, 0.3) is 0 Å². The van der Waals surface area contributed by atoms with Crippen molar-refractivity contribution in [2.45, 2.75) is 12.5 Å².